The van der Waals surface area contributed by atoms with Crippen LogP contribution in [-0.2, 0) is 16.1 Å². The lowest BCUT2D eigenvalue weighted by atomic mass is 9.69. The lowest BCUT2D eigenvalue weighted by Gasteiger charge is -2.33. The lowest BCUT2D eigenvalue weighted by Crippen LogP contribution is -2.47. The summed E-state index contributed by atoms with van der Waals surface area (Å²) in [5.74, 6) is -1.49. The second kappa shape index (κ2) is 5.02. The summed E-state index contributed by atoms with van der Waals surface area (Å²) in [7, 11) is 0. The third kappa shape index (κ3) is 2.15. The monoisotopic (exact) mass is 285 g/mol. The highest BCUT2D eigenvalue weighted by atomic mass is 16.4. The molecule has 1 saturated carbocycles. The molecule has 4 atom stereocenters. The minimum absolute atomic E-state index is 0.0347. The molecule has 3 rings (SSSR count). The van der Waals surface area contributed by atoms with Crippen molar-refractivity contribution in [1.29, 1.82) is 0 Å². The van der Waals surface area contributed by atoms with Gasteiger partial charge >= 0.3 is 5.97 Å². The molecule has 1 aromatic carbocycles. The number of allylic oxidation sites excluding steroid dienone is 2. The van der Waals surface area contributed by atoms with Crippen molar-refractivity contribution in [2.75, 3.05) is 0 Å². The van der Waals surface area contributed by atoms with E-state index in [-0.39, 0.29) is 17.7 Å². The Hall–Kier alpha value is -2.10. The maximum Gasteiger partial charge on any atom is 0.310 e. The molecule has 1 amide bonds. The maximum atomic E-state index is 12.5. The molecule has 4 heteroatoms. The van der Waals surface area contributed by atoms with Crippen molar-refractivity contribution in [1.82, 2.24) is 5.32 Å². The second-order valence-corrected chi connectivity index (χ2v) is 6.16. The molecule has 2 N–H and O–H groups in total. The number of hydrogen-bond donors (Lipinski definition) is 2. The van der Waals surface area contributed by atoms with Gasteiger partial charge < -0.3 is 10.4 Å². The van der Waals surface area contributed by atoms with E-state index in [1.807, 2.05) is 42.5 Å². The highest BCUT2D eigenvalue weighted by Gasteiger charge is 2.60. The molecule has 4 nitrogen and oxygen atoms in total. The van der Waals surface area contributed by atoms with Crippen LogP contribution in [0.3, 0.4) is 0 Å². The number of carbonyl (C=O) groups is 2. The fourth-order valence-corrected chi connectivity index (χ4v) is 3.75. The molecular formula is C17H19NO3. The van der Waals surface area contributed by atoms with E-state index >= 15 is 0 Å². The topological polar surface area (TPSA) is 66.4 Å². The number of carboxylic acids is 1. The zero-order valence-corrected chi connectivity index (χ0v) is 12.0. The zero-order valence-electron chi connectivity index (χ0n) is 12.0. The number of nitrogens with one attached hydrogen (secondary N) is 1. The summed E-state index contributed by atoms with van der Waals surface area (Å²) in [6, 6.07) is 9.65. The summed E-state index contributed by atoms with van der Waals surface area (Å²) in [4.78, 5) is 24.2. The first kappa shape index (κ1) is 13.9. The van der Waals surface area contributed by atoms with Crippen molar-refractivity contribution >= 4 is 11.9 Å². The summed E-state index contributed by atoms with van der Waals surface area (Å²) >= 11 is 0. The molecular weight excluding hydrogens is 266 g/mol. The van der Waals surface area contributed by atoms with Gasteiger partial charge in [-0.2, -0.15) is 0 Å². The third-order valence-electron chi connectivity index (χ3n) is 5.01. The Morgan fingerprint density at radius 3 is 2.67 bits per heavy atom. The highest BCUT2D eigenvalue weighted by Crippen LogP contribution is 2.56. The van der Waals surface area contributed by atoms with E-state index in [2.05, 4.69) is 5.32 Å². The van der Waals surface area contributed by atoms with Crippen LogP contribution in [0.5, 0.6) is 0 Å². The first-order valence-electron chi connectivity index (χ1n) is 7.27. The van der Waals surface area contributed by atoms with Gasteiger partial charge in [-0.25, -0.2) is 0 Å². The Bertz CT molecular complexity index is 595. The number of rotatable bonds is 4. The van der Waals surface area contributed by atoms with Crippen LogP contribution in [0.15, 0.2) is 42.5 Å². The molecule has 21 heavy (non-hydrogen) atoms. The van der Waals surface area contributed by atoms with Crippen molar-refractivity contribution in [3.8, 4) is 0 Å². The van der Waals surface area contributed by atoms with Crippen molar-refractivity contribution in [2.45, 2.75) is 19.9 Å². The molecule has 1 aromatic rings. The maximum absolute atomic E-state index is 12.5. The predicted octanol–water partition coefficient (Wildman–Crippen LogP) is 2.22. The van der Waals surface area contributed by atoms with E-state index in [1.165, 1.54) is 0 Å². The van der Waals surface area contributed by atoms with Crippen LogP contribution in [-0.4, -0.2) is 17.0 Å². The standard InChI is InChI=1S/C17H19NO3/c1-17(16(20)21)13-8-7-12(9-13)14(17)15(19)18-10-11-5-3-2-4-6-11/h2-8,12-14H,9-10H2,1H3,(H,18,19)(H,20,21)/t12-,13+,14+,17+/m0/s1. The Morgan fingerprint density at radius 2 is 2.00 bits per heavy atom. The van der Waals surface area contributed by atoms with Gasteiger partial charge in [-0.15, -0.1) is 0 Å². The van der Waals surface area contributed by atoms with Gasteiger partial charge in [0.15, 0.2) is 0 Å². The highest BCUT2D eigenvalue weighted by molar-refractivity contribution is 5.89. The number of fused-ring (bicyclic) bond motifs is 2. The summed E-state index contributed by atoms with van der Waals surface area (Å²) < 4.78 is 0. The van der Waals surface area contributed by atoms with Crippen molar-refractivity contribution < 1.29 is 14.7 Å². The predicted molar refractivity (Wildman–Crippen MR) is 78.3 cm³/mol. The van der Waals surface area contributed by atoms with Gasteiger partial charge in [0.2, 0.25) is 5.91 Å². The summed E-state index contributed by atoms with van der Waals surface area (Å²) in [6.07, 6.45) is 4.73. The minimum Gasteiger partial charge on any atom is -0.481 e. The number of carboxylic acid groups (broad SMARTS) is 1. The zero-order chi connectivity index (χ0) is 15.0. The van der Waals surface area contributed by atoms with Crippen molar-refractivity contribution in [2.24, 2.45) is 23.2 Å². The number of aliphatic carboxylic acids is 1. The van der Waals surface area contributed by atoms with E-state index in [9.17, 15) is 14.7 Å². The summed E-state index contributed by atoms with van der Waals surface area (Å²) in [5.41, 5.74) is 0.0294. The Kier molecular flexibility index (Phi) is 3.32. The van der Waals surface area contributed by atoms with Crippen LogP contribution in [0, 0.1) is 23.2 Å². The molecule has 2 aliphatic carbocycles. The van der Waals surface area contributed by atoms with Gasteiger partial charge in [0.05, 0.1) is 11.3 Å². The molecule has 0 aromatic heterocycles. The minimum atomic E-state index is -0.986. The fourth-order valence-electron chi connectivity index (χ4n) is 3.75. The Labute approximate surface area is 123 Å². The van der Waals surface area contributed by atoms with E-state index < -0.39 is 17.3 Å². The van der Waals surface area contributed by atoms with E-state index in [1.54, 1.807) is 6.92 Å². The summed E-state index contributed by atoms with van der Waals surface area (Å²) in [5, 5.41) is 12.5. The normalized spacial score (nSPS) is 33.1. The van der Waals surface area contributed by atoms with Crippen LogP contribution in [0.2, 0.25) is 0 Å². The summed E-state index contributed by atoms with van der Waals surface area (Å²) in [6.45, 7) is 2.14. The fraction of sp³-hybridized carbons (Fsp3) is 0.412. The van der Waals surface area contributed by atoms with Crippen LogP contribution >= 0.6 is 0 Å². The van der Waals surface area contributed by atoms with E-state index in [0.29, 0.717) is 6.54 Å². The number of carbonyl (C=O) groups excluding carboxylic acids is 1. The molecule has 0 radical (unpaired) electrons. The quantitative estimate of drug-likeness (QED) is 0.834. The average Bonchev–Trinajstić information content (AvgIpc) is 3.05. The van der Waals surface area contributed by atoms with Gasteiger partial charge in [0.1, 0.15) is 0 Å². The van der Waals surface area contributed by atoms with Crippen LogP contribution in [0.25, 0.3) is 0 Å². The number of benzene rings is 1. The van der Waals surface area contributed by atoms with Gasteiger partial charge in [-0.05, 0) is 30.7 Å². The van der Waals surface area contributed by atoms with Gasteiger partial charge in [0.25, 0.3) is 0 Å². The Balaban J connectivity index is 1.75. The van der Waals surface area contributed by atoms with Crippen molar-refractivity contribution in [3.63, 3.8) is 0 Å². The first-order valence-corrected chi connectivity index (χ1v) is 7.27. The van der Waals surface area contributed by atoms with Gasteiger partial charge in [-0.1, -0.05) is 42.5 Å². The number of hydrogen-bond acceptors (Lipinski definition) is 2. The van der Waals surface area contributed by atoms with E-state index in [4.69, 9.17) is 0 Å². The third-order valence-corrected chi connectivity index (χ3v) is 5.01. The molecule has 0 aliphatic heterocycles. The average molecular weight is 285 g/mol. The number of amides is 1. The molecule has 0 heterocycles. The largest absolute Gasteiger partial charge is 0.481 e. The van der Waals surface area contributed by atoms with Gasteiger partial charge in [-0.3, -0.25) is 9.59 Å². The SMILES string of the molecule is C[C@@]1(C(=O)O)[C@@H]2C=C[C@@H](C2)[C@@H]1C(=O)NCc1ccccc1. The van der Waals surface area contributed by atoms with E-state index in [0.717, 1.165) is 12.0 Å². The lowest BCUT2D eigenvalue weighted by molar-refractivity contribution is -0.156. The molecule has 0 spiro atoms. The van der Waals surface area contributed by atoms with Gasteiger partial charge in [0, 0.05) is 6.54 Å². The molecule has 2 aliphatic rings. The molecule has 2 bridgehead atoms. The first-order chi connectivity index (χ1) is 10.0. The molecule has 110 valence electrons. The smallest absolute Gasteiger partial charge is 0.310 e. The molecule has 0 unspecified atom stereocenters. The van der Waals surface area contributed by atoms with Crippen molar-refractivity contribution in [3.05, 3.63) is 48.0 Å². The van der Waals surface area contributed by atoms with Crippen LogP contribution in [0.1, 0.15) is 18.9 Å². The second-order valence-electron chi connectivity index (χ2n) is 6.16. The molecule has 0 saturated heterocycles. The van der Waals surface area contributed by atoms with Crippen LogP contribution in [0.4, 0.5) is 0 Å². The molecule has 1 fully saturated rings. The Morgan fingerprint density at radius 1 is 1.29 bits per heavy atom. The van der Waals surface area contributed by atoms with Crippen LogP contribution < -0.4 is 5.32 Å².